The normalized spacial score (nSPS) is 9.09. The molecule has 0 saturated carbocycles. The third-order valence-electron chi connectivity index (χ3n) is 1.24. The van der Waals surface area contributed by atoms with Crippen LogP contribution in [-0.4, -0.2) is 9.97 Å². The van der Waals surface area contributed by atoms with Crippen LogP contribution in [0.5, 0.6) is 0 Å². The van der Waals surface area contributed by atoms with Gasteiger partial charge in [-0.25, -0.2) is 9.97 Å². The minimum atomic E-state index is 0.0769. The first-order chi connectivity index (χ1) is 5.15. The number of aryl methyl sites for hydroxylation is 1. The van der Waals surface area contributed by atoms with Gasteiger partial charge in [0.15, 0.2) is 11.5 Å². The Balaban J connectivity index is 3.35. The van der Waals surface area contributed by atoms with Crippen LogP contribution in [0.15, 0.2) is 0 Å². The predicted molar refractivity (Wildman–Crippen MR) is 40.3 cm³/mol. The summed E-state index contributed by atoms with van der Waals surface area (Å²) in [7, 11) is 0. The molecule has 0 aliphatic heterocycles. The number of hydrogen-bond donors (Lipinski definition) is 2. The number of nitriles is 1. The molecule has 0 radical (unpaired) electrons. The minimum Gasteiger partial charge on any atom is -0.382 e. The Morgan fingerprint density at radius 1 is 1.27 bits per heavy atom. The molecule has 0 amide bonds. The van der Waals surface area contributed by atoms with Crippen LogP contribution in [0.2, 0.25) is 0 Å². The third-order valence-corrected chi connectivity index (χ3v) is 1.24. The van der Waals surface area contributed by atoms with Crippen molar-refractivity contribution in [3.63, 3.8) is 0 Å². The summed E-state index contributed by atoms with van der Waals surface area (Å²) >= 11 is 0. The van der Waals surface area contributed by atoms with E-state index in [0.717, 1.165) is 0 Å². The fourth-order valence-corrected chi connectivity index (χ4v) is 0.632. The number of aromatic nitrogens is 2. The fourth-order valence-electron chi connectivity index (χ4n) is 0.632. The van der Waals surface area contributed by atoms with Crippen LogP contribution < -0.4 is 11.5 Å². The van der Waals surface area contributed by atoms with Crippen molar-refractivity contribution in [1.82, 2.24) is 9.97 Å². The second-order valence-electron chi connectivity index (χ2n) is 2.04. The molecule has 0 fully saturated rings. The van der Waals surface area contributed by atoms with Gasteiger partial charge in [-0.3, -0.25) is 0 Å². The molecule has 0 aliphatic carbocycles. The Morgan fingerprint density at radius 3 is 2.45 bits per heavy atom. The maximum Gasteiger partial charge on any atom is 0.184 e. The molecule has 0 atom stereocenters. The van der Waals surface area contributed by atoms with Gasteiger partial charge in [0.25, 0.3) is 0 Å². The molecule has 1 heterocycles. The number of rotatable bonds is 0. The summed E-state index contributed by atoms with van der Waals surface area (Å²) < 4.78 is 0. The van der Waals surface area contributed by atoms with E-state index >= 15 is 0 Å². The molecule has 1 aromatic rings. The standard InChI is InChI=1S/C6H7N5/c1-3-5(8)11-4(2-7)6(9)10-3/h1H3,(H2,8,11)(H2,9,10). The highest BCUT2D eigenvalue weighted by molar-refractivity contribution is 5.49. The summed E-state index contributed by atoms with van der Waals surface area (Å²) in [6.07, 6.45) is 0. The van der Waals surface area contributed by atoms with Crippen molar-refractivity contribution in [3.8, 4) is 6.07 Å². The van der Waals surface area contributed by atoms with Crippen molar-refractivity contribution in [2.24, 2.45) is 0 Å². The van der Waals surface area contributed by atoms with Gasteiger partial charge >= 0.3 is 0 Å². The lowest BCUT2D eigenvalue weighted by Crippen LogP contribution is -2.04. The summed E-state index contributed by atoms with van der Waals surface area (Å²) in [5.41, 5.74) is 11.4. The highest BCUT2D eigenvalue weighted by atomic mass is 15.0. The quantitative estimate of drug-likeness (QED) is 0.532. The van der Waals surface area contributed by atoms with E-state index in [-0.39, 0.29) is 17.3 Å². The van der Waals surface area contributed by atoms with Crippen LogP contribution in [-0.2, 0) is 0 Å². The lowest BCUT2D eigenvalue weighted by atomic mass is 10.4. The summed E-state index contributed by atoms with van der Waals surface area (Å²) in [5.74, 6) is 0.370. The molecule has 4 N–H and O–H groups in total. The lowest BCUT2D eigenvalue weighted by Gasteiger charge is -1.99. The summed E-state index contributed by atoms with van der Waals surface area (Å²) in [5, 5.41) is 8.45. The van der Waals surface area contributed by atoms with E-state index in [4.69, 9.17) is 16.7 Å². The molecule has 0 saturated heterocycles. The Kier molecular flexibility index (Phi) is 1.60. The van der Waals surface area contributed by atoms with E-state index < -0.39 is 0 Å². The van der Waals surface area contributed by atoms with Crippen LogP contribution >= 0.6 is 0 Å². The van der Waals surface area contributed by atoms with Crippen molar-refractivity contribution >= 4 is 11.6 Å². The predicted octanol–water partition coefficient (Wildman–Crippen LogP) is -0.179. The van der Waals surface area contributed by atoms with Crippen molar-refractivity contribution in [2.45, 2.75) is 6.92 Å². The maximum atomic E-state index is 8.45. The van der Waals surface area contributed by atoms with Crippen LogP contribution in [0.3, 0.4) is 0 Å². The third kappa shape index (κ3) is 1.19. The lowest BCUT2D eigenvalue weighted by molar-refractivity contribution is 1.12. The first-order valence-corrected chi connectivity index (χ1v) is 2.95. The van der Waals surface area contributed by atoms with Gasteiger partial charge in [-0.1, -0.05) is 0 Å². The molecule has 0 aromatic carbocycles. The maximum absolute atomic E-state index is 8.45. The summed E-state index contributed by atoms with van der Waals surface area (Å²) in [4.78, 5) is 7.53. The smallest absolute Gasteiger partial charge is 0.184 e. The first-order valence-electron chi connectivity index (χ1n) is 2.95. The van der Waals surface area contributed by atoms with E-state index in [9.17, 15) is 0 Å². The summed E-state index contributed by atoms with van der Waals surface area (Å²) in [6, 6.07) is 1.78. The average molecular weight is 149 g/mol. The van der Waals surface area contributed by atoms with E-state index in [1.807, 2.05) is 0 Å². The molecule has 56 valence electrons. The Morgan fingerprint density at radius 2 is 1.91 bits per heavy atom. The fraction of sp³-hybridized carbons (Fsp3) is 0.167. The minimum absolute atomic E-state index is 0.0769. The Labute approximate surface area is 63.7 Å². The SMILES string of the molecule is Cc1nc(N)c(C#N)nc1N. The number of nitrogen functional groups attached to an aromatic ring is 2. The van der Waals surface area contributed by atoms with Crippen molar-refractivity contribution in [1.29, 1.82) is 5.26 Å². The van der Waals surface area contributed by atoms with Crippen LogP contribution in [0.25, 0.3) is 0 Å². The van der Waals surface area contributed by atoms with Crippen LogP contribution in [0, 0.1) is 18.3 Å². The van der Waals surface area contributed by atoms with Gasteiger partial charge < -0.3 is 11.5 Å². The second kappa shape index (κ2) is 2.42. The highest BCUT2D eigenvalue weighted by Gasteiger charge is 2.04. The molecule has 0 aliphatic rings. The van der Waals surface area contributed by atoms with E-state index in [2.05, 4.69) is 9.97 Å². The zero-order chi connectivity index (χ0) is 8.43. The monoisotopic (exact) mass is 149 g/mol. The Bertz CT molecular complexity index is 324. The van der Waals surface area contributed by atoms with Gasteiger partial charge in [-0.15, -0.1) is 0 Å². The molecule has 0 bridgehead atoms. The average Bonchev–Trinajstić information content (AvgIpc) is 1.97. The zero-order valence-electron chi connectivity index (χ0n) is 6.00. The number of hydrogen-bond acceptors (Lipinski definition) is 5. The molecule has 1 rings (SSSR count). The van der Waals surface area contributed by atoms with Gasteiger partial charge in [-0.2, -0.15) is 5.26 Å². The highest BCUT2D eigenvalue weighted by Crippen LogP contribution is 2.09. The van der Waals surface area contributed by atoms with E-state index in [1.165, 1.54) is 0 Å². The van der Waals surface area contributed by atoms with Crippen molar-refractivity contribution < 1.29 is 0 Å². The van der Waals surface area contributed by atoms with Gasteiger partial charge in [0.1, 0.15) is 11.9 Å². The topological polar surface area (TPSA) is 102 Å². The zero-order valence-corrected chi connectivity index (χ0v) is 6.00. The van der Waals surface area contributed by atoms with Crippen LogP contribution in [0.4, 0.5) is 11.6 Å². The number of nitrogens with zero attached hydrogens (tertiary/aromatic N) is 3. The molecule has 5 nitrogen and oxygen atoms in total. The molecule has 5 heteroatoms. The van der Waals surface area contributed by atoms with E-state index in [0.29, 0.717) is 5.69 Å². The molecule has 11 heavy (non-hydrogen) atoms. The van der Waals surface area contributed by atoms with Gasteiger partial charge in [0.2, 0.25) is 0 Å². The van der Waals surface area contributed by atoms with Crippen molar-refractivity contribution in [2.75, 3.05) is 11.5 Å². The number of nitrogens with two attached hydrogens (primary N) is 2. The van der Waals surface area contributed by atoms with Gasteiger partial charge in [-0.05, 0) is 6.92 Å². The summed E-state index contributed by atoms with van der Waals surface area (Å²) in [6.45, 7) is 1.68. The van der Waals surface area contributed by atoms with Crippen LogP contribution in [0.1, 0.15) is 11.4 Å². The van der Waals surface area contributed by atoms with Crippen molar-refractivity contribution in [3.05, 3.63) is 11.4 Å². The van der Waals surface area contributed by atoms with Gasteiger partial charge in [0, 0.05) is 0 Å². The molecular weight excluding hydrogens is 142 g/mol. The first kappa shape index (κ1) is 7.28. The number of anilines is 2. The van der Waals surface area contributed by atoms with E-state index in [1.54, 1.807) is 13.0 Å². The molecular formula is C6H7N5. The Hall–Kier alpha value is -1.83. The van der Waals surface area contributed by atoms with Gasteiger partial charge in [0.05, 0.1) is 5.69 Å². The second-order valence-corrected chi connectivity index (χ2v) is 2.04. The molecule has 0 unspecified atom stereocenters. The molecule has 0 spiro atoms. The molecule has 1 aromatic heterocycles. The largest absolute Gasteiger partial charge is 0.382 e.